The van der Waals surface area contributed by atoms with E-state index in [4.69, 9.17) is 4.74 Å². The van der Waals surface area contributed by atoms with Crippen LogP contribution in [-0.2, 0) is 10.9 Å². The summed E-state index contributed by atoms with van der Waals surface area (Å²) in [6, 6.07) is 2.56. The van der Waals surface area contributed by atoms with E-state index in [2.05, 4.69) is 0 Å². The molecule has 0 aromatic heterocycles. The van der Waals surface area contributed by atoms with Gasteiger partial charge in [-0.25, -0.2) is 9.18 Å². The van der Waals surface area contributed by atoms with Crippen molar-refractivity contribution in [3.8, 4) is 0 Å². The summed E-state index contributed by atoms with van der Waals surface area (Å²) < 4.78 is 58.6. The molecule has 0 bridgehead atoms. The average Bonchev–Trinajstić information content (AvgIpc) is 3.02. The number of allylic oxidation sites excluding steroid dienone is 1. The van der Waals surface area contributed by atoms with E-state index in [0.717, 1.165) is 18.2 Å². The lowest BCUT2D eigenvalue weighted by Crippen LogP contribution is -2.35. The molecule has 0 radical (unpaired) electrons. The highest BCUT2D eigenvalue weighted by Crippen LogP contribution is 2.44. The number of nitrogens with zero attached hydrogens (tertiary/aromatic N) is 1. The minimum absolute atomic E-state index is 0.0295. The molecule has 3 nitrogen and oxygen atoms in total. The SMILES string of the molecule is CC(C)(C)OC(=O)N1C[C@H]2CC(c3cc(F)ccc3C(F)(F)F)=C[C@@H]2C1. The summed E-state index contributed by atoms with van der Waals surface area (Å²) in [5.74, 6) is -0.704. The maximum Gasteiger partial charge on any atom is 0.416 e. The molecular formula is C19H21F4NO2. The van der Waals surface area contributed by atoms with E-state index in [1.165, 1.54) is 0 Å². The second-order valence-electron chi connectivity index (χ2n) is 7.89. The first-order valence-corrected chi connectivity index (χ1v) is 8.50. The number of benzene rings is 1. The van der Waals surface area contributed by atoms with Gasteiger partial charge in [-0.3, -0.25) is 0 Å². The van der Waals surface area contributed by atoms with Crippen LogP contribution in [0.25, 0.3) is 5.57 Å². The zero-order chi connectivity index (χ0) is 19.3. The second kappa shape index (κ2) is 6.28. The molecule has 1 aliphatic heterocycles. The van der Waals surface area contributed by atoms with Gasteiger partial charge in [0.1, 0.15) is 11.4 Å². The van der Waals surface area contributed by atoms with Gasteiger partial charge in [-0.05, 0) is 68.4 Å². The summed E-state index contributed by atoms with van der Waals surface area (Å²) in [7, 11) is 0. The summed E-state index contributed by atoms with van der Waals surface area (Å²) >= 11 is 0. The molecule has 7 heteroatoms. The summed E-state index contributed by atoms with van der Waals surface area (Å²) in [4.78, 5) is 13.7. The fraction of sp³-hybridized carbons (Fsp3) is 0.526. The number of rotatable bonds is 1. The van der Waals surface area contributed by atoms with Gasteiger partial charge in [0, 0.05) is 13.1 Å². The number of alkyl halides is 3. The lowest BCUT2D eigenvalue weighted by molar-refractivity contribution is -0.137. The Morgan fingerprint density at radius 1 is 1.19 bits per heavy atom. The number of carbonyl (C=O) groups is 1. The Labute approximate surface area is 149 Å². The summed E-state index contributed by atoms with van der Waals surface area (Å²) in [5.41, 5.74) is -1.03. The molecule has 1 fully saturated rings. The predicted molar refractivity (Wildman–Crippen MR) is 88.8 cm³/mol. The molecule has 1 amide bonds. The maximum atomic E-state index is 13.5. The minimum atomic E-state index is -4.54. The van der Waals surface area contributed by atoms with E-state index in [1.54, 1.807) is 31.7 Å². The van der Waals surface area contributed by atoms with Crippen LogP contribution in [0, 0.1) is 17.7 Å². The molecular weight excluding hydrogens is 350 g/mol. The number of likely N-dealkylation sites (tertiary alicyclic amines) is 1. The molecule has 0 unspecified atom stereocenters. The number of ether oxygens (including phenoxy) is 1. The van der Waals surface area contributed by atoms with Crippen LogP contribution < -0.4 is 0 Å². The number of hydrogen-bond donors (Lipinski definition) is 0. The largest absolute Gasteiger partial charge is 0.444 e. The van der Waals surface area contributed by atoms with Gasteiger partial charge >= 0.3 is 12.3 Å². The van der Waals surface area contributed by atoms with Gasteiger partial charge in [0.05, 0.1) is 5.56 Å². The monoisotopic (exact) mass is 371 g/mol. The van der Waals surface area contributed by atoms with Crippen molar-refractivity contribution in [1.29, 1.82) is 0 Å². The van der Waals surface area contributed by atoms with Crippen LogP contribution in [0.15, 0.2) is 24.3 Å². The van der Waals surface area contributed by atoms with Gasteiger partial charge in [-0.2, -0.15) is 13.2 Å². The Morgan fingerprint density at radius 2 is 1.88 bits per heavy atom. The van der Waals surface area contributed by atoms with Crippen LogP contribution in [0.5, 0.6) is 0 Å². The molecule has 1 saturated heterocycles. The van der Waals surface area contributed by atoms with Crippen molar-refractivity contribution in [1.82, 2.24) is 4.90 Å². The zero-order valence-electron chi connectivity index (χ0n) is 14.9. The molecule has 1 aliphatic carbocycles. The van der Waals surface area contributed by atoms with Crippen LogP contribution in [0.2, 0.25) is 0 Å². The lowest BCUT2D eigenvalue weighted by atomic mass is 9.95. The number of fused-ring (bicyclic) bond motifs is 1. The minimum Gasteiger partial charge on any atom is -0.444 e. The van der Waals surface area contributed by atoms with Crippen molar-refractivity contribution < 1.29 is 27.1 Å². The van der Waals surface area contributed by atoms with Crippen molar-refractivity contribution in [2.45, 2.75) is 39.0 Å². The molecule has 3 rings (SSSR count). The standard InChI is InChI=1S/C19H21F4NO2/c1-18(2,3)26-17(25)24-9-12-6-11(7-13(12)10-24)15-8-14(20)4-5-16(15)19(21,22)23/h4-6,8,12-13H,7,9-10H2,1-3H3/t12-,13-/m1/s1. The highest BCUT2D eigenvalue weighted by atomic mass is 19.4. The number of hydrogen-bond acceptors (Lipinski definition) is 2. The third-order valence-electron chi connectivity index (χ3n) is 4.67. The first-order chi connectivity index (χ1) is 11.9. The van der Waals surface area contributed by atoms with Crippen LogP contribution in [0.3, 0.4) is 0 Å². The lowest BCUT2D eigenvalue weighted by Gasteiger charge is -2.25. The molecule has 2 atom stereocenters. The van der Waals surface area contributed by atoms with Crippen molar-refractivity contribution in [3.63, 3.8) is 0 Å². The maximum absolute atomic E-state index is 13.5. The molecule has 0 spiro atoms. The number of halogens is 4. The van der Waals surface area contributed by atoms with Gasteiger partial charge in [-0.1, -0.05) is 6.08 Å². The second-order valence-corrected chi connectivity index (χ2v) is 7.89. The molecule has 26 heavy (non-hydrogen) atoms. The Morgan fingerprint density at radius 3 is 2.46 bits per heavy atom. The van der Waals surface area contributed by atoms with Crippen LogP contribution in [0.1, 0.15) is 38.3 Å². The van der Waals surface area contributed by atoms with E-state index in [9.17, 15) is 22.4 Å². The zero-order valence-corrected chi connectivity index (χ0v) is 14.9. The Balaban J connectivity index is 1.79. The molecule has 0 saturated carbocycles. The van der Waals surface area contributed by atoms with E-state index >= 15 is 0 Å². The van der Waals surface area contributed by atoms with E-state index < -0.39 is 29.3 Å². The summed E-state index contributed by atoms with van der Waals surface area (Å²) in [5, 5.41) is 0. The molecule has 142 valence electrons. The van der Waals surface area contributed by atoms with Gasteiger partial charge in [-0.15, -0.1) is 0 Å². The van der Waals surface area contributed by atoms with Crippen molar-refractivity contribution in [2.24, 2.45) is 11.8 Å². The Bertz CT molecular complexity index is 749. The van der Waals surface area contributed by atoms with Crippen molar-refractivity contribution in [2.75, 3.05) is 13.1 Å². The predicted octanol–water partition coefficient (Wildman–Crippen LogP) is 5.11. The van der Waals surface area contributed by atoms with E-state index in [0.29, 0.717) is 25.1 Å². The highest BCUT2D eigenvalue weighted by molar-refractivity contribution is 5.73. The smallest absolute Gasteiger partial charge is 0.416 e. The normalized spacial score (nSPS) is 23.0. The molecule has 1 aromatic carbocycles. The van der Waals surface area contributed by atoms with Gasteiger partial charge in [0.25, 0.3) is 0 Å². The van der Waals surface area contributed by atoms with Gasteiger partial charge in [0.15, 0.2) is 0 Å². The quantitative estimate of drug-likeness (QED) is 0.642. The molecule has 1 heterocycles. The third kappa shape index (κ3) is 3.86. The number of amides is 1. The van der Waals surface area contributed by atoms with E-state index in [1.807, 2.05) is 0 Å². The molecule has 0 N–H and O–H groups in total. The van der Waals surface area contributed by atoms with Gasteiger partial charge in [0.2, 0.25) is 0 Å². The fourth-order valence-electron chi connectivity index (χ4n) is 3.61. The summed E-state index contributed by atoms with van der Waals surface area (Å²) in [6.07, 6.45) is -2.82. The van der Waals surface area contributed by atoms with Gasteiger partial charge < -0.3 is 9.64 Å². The van der Waals surface area contributed by atoms with E-state index in [-0.39, 0.29) is 17.4 Å². The fourth-order valence-corrected chi connectivity index (χ4v) is 3.61. The van der Waals surface area contributed by atoms with Crippen LogP contribution >= 0.6 is 0 Å². The Hall–Kier alpha value is -2.05. The molecule has 1 aromatic rings. The number of carbonyl (C=O) groups excluding carboxylic acids is 1. The van der Waals surface area contributed by atoms with Crippen molar-refractivity contribution in [3.05, 3.63) is 41.2 Å². The van der Waals surface area contributed by atoms with Crippen LogP contribution in [-0.4, -0.2) is 29.7 Å². The third-order valence-corrected chi connectivity index (χ3v) is 4.67. The first kappa shape index (κ1) is 18.7. The average molecular weight is 371 g/mol. The first-order valence-electron chi connectivity index (χ1n) is 8.50. The van der Waals surface area contributed by atoms with Crippen LogP contribution in [0.4, 0.5) is 22.4 Å². The topological polar surface area (TPSA) is 29.5 Å². The molecule has 2 aliphatic rings. The summed E-state index contributed by atoms with van der Waals surface area (Å²) in [6.45, 7) is 6.17. The Kier molecular flexibility index (Phi) is 4.53. The van der Waals surface area contributed by atoms with Crippen molar-refractivity contribution >= 4 is 11.7 Å². The highest BCUT2D eigenvalue weighted by Gasteiger charge is 2.42.